The Bertz CT molecular complexity index is 421. The Hall–Kier alpha value is -1.23. The summed E-state index contributed by atoms with van der Waals surface area (Å²) in [6, 6.07) is 7.98. The van der Waals surface area contributed by atoms with Gasteiger partial charge in [-0.2, -0.15) is 13.2 Å². The summed E-state index contributed by atoms with van der Waals surface area (Å²) in [4.78, 5) is 0. The predicted octanol–water partition coefficient (Wildman–Crippen LogP) is 5.25. The number of ether oxygens (including phenoxy) is 1. The SMILES string of the molecule is NCCc1cccc(OCCCCCCCCCC(F)(F)F)c1. The standard InChI is InChI=1S/C18H28F3NO/c19-18(20,21)12-6-4-2-1-3-5-7-14-23-17-10-8-9-16(15-17)11-13-22/h8-10,15H,1-7,11-14,22H2. The van der Waals surface area contributed by atoms with E-state index in [1.54, 1.807) is 0 Å². The lowest BCUT2D eigenvalue weighted by atomic mass is 10.1. The lowest BCUT2D eigenvalue weighted by Crippen LogP contribution is -2.06. The molecule has 0 aliphatic rings. The van der Waals surface area contributed by atoms with Crippen LogP contribution in [0.5, 0.6) is 5.75 Å². The Balaban J connectivity index is 1.96. The molecule has 0 fully saturated rings. The first-order chi connectivity index (χ1) is 11.0. The number of halogens is 3. The van der Waals surface area contributed by atoms with Gasteiger partial charge in [0.1, 0.15) is 5.75 Å². The minimum atomic E-state index is -4.00. The molecule has 0 amide bonds. The average molecular weight is 331 g/mol. The minimum absolute atomic E-state index is 0.256. The van der Waals surface area contributed by atoms with E-state index in [0.717, 1.165) is 44.3 Å². The number of alkyl halides is 3. The molecule has 1 aromatic carbocycles. The maximum absolute atomic E-state index is 12.0. The van der Waals surface area contributed by atoms with Crippen molar-refractivity contribution in [1.29, 1.82) is 0 Å². The topological polar surface area (TPSA) is 35.2 Å². The fourth-order valence-corrected chi connectivity index (χ4v) is 2.46. The van der Waals surface area contributed by atoms with E-state index >= 15 is 0 Å². The molecule has 0 saturated carbocycles. The molecule has 0 heterocycles. The number of hydrogen-bond acceptors (Lipinski definition) is 2. The minimum Gasteiger partial charge on any atom is -0.494 e. The third-order valence-corrected chi connectivity index (χ3v) is 3.70. The van der Waals surface area contributed by atoms with Crippen LogP contribution in [0.3, 0.4) is 0 Å². The fraction of sp³-hybridized carbons (Fsp3) is 0.667. The molecule has 0 aromatic heterocycles. The van der Waals surface area contributed by atoms with Crippen LogP contribution in [0, 0.1) is 0 Å². The molecule has 0 radical (unpaired) electrons. The van der Waals surface area contributed by atoms with E-state index in [1.165, 1.54) is 5.56 Å². The Morgan fingerprint density at radius 2 is 1.57 bits per heavy atom. The van der Waals surface area contributed by atoms with Gasteiger partial charge in [0.25, 0.3) is 0 Å². The van der Waals surface area contributed by atoms with E-state index in [9.17, 15) is 13.2 Å². The zero-order chi connectivity index (χ0) is 17.0. The summed E-state index contributed by atoms with van der Waals surface area (Å²) in [5, 5.41) is 0. The lowest BCUT2D eigenvalue weighted by molar-refractivity contribution is -0.135. The highest BCUT2D eigenvalue weighted by atomic mass is 19.4. The molecular weight excluding hydrogens is 303 g/mol. The van der Waals surface area contributed by atoms with Gasteiger partial charge >= 0.3 is 6.18 Å². The number of benzene rings is 1. The van der Waals surface area contributed by atoms with Gasteiger partial charge in [-0.3, -0.25) is 0 Å². The Kier molecular flexibility index (Phi) is 9.76. The van der Waals surface area contributed by atoms with Crippen LogP contribution in [0.4, 0.5) is 13.2 Å². The summed E-state index contributed by atoms with van der Waals surface area (Å²) in [5.41, 5.74) is 6.72. The third-order valence-electron chi connectivity index (χ3n) is 3.70. The Labute approximate surface area is 137 Å². The molecule has 2 nitrogen and oxygen atoms in total. The number of rotatable bonds is 12. The second-order valence-electron chi connectivity index (χ2n) is 5.87. The summed E-state index contributed by atoms with van der Waals surface area (Å²) in [6.45, 7) is 1.31. The first-order valence-corrected chi connectivity index (χ1v) is 8.50. The molecule has 1 rings (SSSR count). The summed E-state index contributed by atoms with van der Waals surface area (Å²) in [5.74, 6) is 0.878. The predicted molar refractivity (Wildman–Crippen MR) is 87.7 cm³/mol. The molecule has 1 aromatic rings. The molecule has 0 bridgehead atoms. The maximum Gasteiger partial charge on any atom is 0.389 e. The summed E-state index contributed by atoms with van der Waals surface area (Å²) < 4.78 is 41.6. The quantitative estimate of drug-likeness (QED) is 0.531. The van der Waals surface area contributed by atoms with E-state index in [0.29, 0.717) is 19.6 Å². The normalized spacial score (nSPS) is 11.7. The van der Waals surface area contributed by atoms with Crippen LogP contribution in [-0.4, -0.2) is 19.3 Å². The van der Waals surface area contributed by atoms with Crippen molar-refractivity contribution in [2.45, 2.75) is 64.0 Å². The van der Waals surface area contributed by atoms with Crippen molar-refractivity contribution in [3.63, 3.8) is 0 Å². The van der Waals surface area contributed by atoms with Crippen LogP contribution in [0.15, 0.2) is 24.3 Å². The Morgan fingerprint density at radius 1 is 0.913 bits per heavy atom. The van der Waals surface area contributed by atoms with Crippen molar-refractivity contribution in [2.75, 3.05) is 13.2 Å². The molecule has 5 heteroatoms. The monoisotopic (exact) mass is 331 g/mol. The molecule has 0 spiro atoms. The second-order valence-corrected chi connectivity index (χ2v) is 5.87. The smallest absolute Gasteiger partial charge is 0.389 e. The zero-order valence-corrected chi connectivity index (χ0v) is 13.7. The fourth-order valence-electron chi connectivity index (χ4n) is 2.46. The first-order valence-electron chi connectivity index (χ1n) is 8.50. The molecule has 0 aliphatic heterocycles. The molecule has 132 valence electrons. The van der Waals surface area contributed by atoms with Crippen LogP contribution < -0.4 is 10.5 Å². The second kappa shape index (κ2) is 11.3. The van der Waals surface area contributed by atoms with E-state index < -0.39 is 12.6 Å². The highest BCUT2D eigenvalue weighted by molar-refractivity contribution is 5.28. The average Bonchev–Trinajstić information content (AvgIpc) is 2.49. The Morgan fingerprint density at radius 3 is 2.22 bits per heavy atom. The van der Waals surface area contributed by atoms with Gasteiger partial charge in [-0.15, -0.1) is 0 Å². The van der Waals surface area contributed by atoms with E-state index in [4.69, 9.17) is 10.5 Å². The van der Waals surface area contributed by atoms with Crippen molar-refractivity contribution in [3.05, 3.63) is 29.8 Å². The molecular formula is C18H28F3NO. The van der Waals surface area contributed by atoms with Crippen molar-refractivity contribution < 1.29 is 17.9 Å². The number of unbranched alkanes of at least 4 members (excludes halogenated alkanes) is 6. The molecule has 23 heavy (non-hydrogen) atoms. The zero-order valence-electron chi connectivity index (χ0n) is 13.7. The van der Waals surface area contributed by atoms with Gasteiger partial charge in [0.05, 0.1) is 6.61 Å². The van der Waals surface area contributed by atoms with Crippen molar-refractivity contribution in [2.24, 2.45) is 5.73 Å². The van der Waals surface area contributed by atoms with Crippen molar-refractivity contribution in [3.8, 4) is 5.75 Å². The van der Waals surface area contributed by atoms with Crippen molar-refractivity contribution in [1.82, 2.24) is 0 Å². The lowest BCUT2D eigenvalue weighted by Gasteiger charge is -2.08. The van der Waals surface area contributed by atoms with Gasteiger partial charge < -0.3 is 10.5 Å². The molecule has 0 atom stereocenters. The van der Waals surface area contributed by atoms with Crippen LogP contribution in [0.25, 0.3) is 0 Å². The van der Waals surface area contributed by atoms with Crippen LogP contribution in [-0.2, 0) is 6.42 Å². The van der Waals surface area contributed by atoms with Crippen LogP contribution >= 0.6 is 0 Å². The van der Waals surface area contributed by atoms with E-state index in [-0.39, 0.29) is 6.42 Å². The van der Waals surface area contributed by atoms with Gasteiger partial charge in [-0.1, -0.05) is 44.2 Å². The van der Waals surface area contributed by atoms with Crippen molar-refractivity contribution >= 4 is 0 Å². The summed E-state index contributed by atoms with van der Waals surface area (Å²) in [6.07, 6.45) is 2.11. The van der Waals surface area contributed by atoms with Gasteiger partial charge in [0.2, 0.25) is 0 Å². The highest BCUT2D eigenvalue weighted by Crippen LogP contribution is 2.23. The molecule has 0 saturated heterocycles. The molecule has 2 N–H and O–H groups in total. The third kappa shape index (κ3) is 11.0. The first kappa shape index (κ1) is 19.8. The maximum atomic E-state index is 12.0. The van der Waals surface area contributed by atoms with Gasteiger partial charge in [0.15, 0.2) is 0 Å². The summed E-state index contributed by atoms with van der Waals surface area (Å²) >= 11 is 0. The van der Waals surface area contributed by atoms with Crippen LogP contribution in [0.2, 0.25) is 0 Å². The van der Waals surface area contributed by atoms with Crippen LogP contribution in [0.1, 0.15) is 56.9 Å². The van der Waals surface area contributed by atoms with E-state index in [2.05, 4.69) is 0 Å². The van der Waals surface area contributed by atoms with Gasteiger partial charge in [-0.25, -0.2) is 0 Å². The summed E-state index contributed by atoms with van der Waals surface area (Å²) in [7, 11) is 0. The molecule has 0 aliphatic carbocycles. The largest absolute Gasteiger partial charge is 0.494 e. The number of nitrogens with two attached hydrogens (primary N) is 1. The van der Waals surface area contributed by atoms with Gasteiger partial charge in [-0.05, 0) is 43.5 Å². The highest BCUT2D eigenvalue weighted by Gasteiger charge is 2.25. The van der Waals surface area contributed by atoms with E-state index in [1.807, 2.05) is 24.3 Å². The van der Waals surface area contributed by atoms with Gasteiger partial charge in [0, 0.05) is 6.42 Å². The number of hydrogen-bond donors (Lipinski definition) is 1. The molecule has 0 unspecified atom stereocenters.